The first-order valence-corrected chi connectivity index (χ1v) is 8.99. The van der Waals surface area contributed by atoms with Crippen molar-refractivity contribution in [1.82, 2.24) is 15.5 Å². The number of piperidine rings is 1. The largest absolute Gasteiger partial charge is 0.354 e. The summed E-state index contributed by atoms with van der Waals surface area (Å²) in [5, 5.41) is 6.86. The average molecular weight is 316 g/mol. The predicted molar refractivity (Wildman–Crippen MR) is 98.7 cm³/mol. The van der Waals surface area contributed by atoms with Crippen molar-refractivity contribution >= 4 is 5.96 Å². The maximum Gasteiger partial charge on any atom is 0.191 e. The Hall–Kier alpha value is -1.55. The van der Waals surface area contributed by atoms with E-state index >= 15 is 0 Å². The first kappa shape index (κ1) is 17.8. The molecular formula is C19H32N4. The van der Waals surface area contributed by atoms with E-state index in [4.69, 9.17) is 0 Å². The predicted octanol–water partition coefficient (Wildman–Crippen LogP) is 3.14. The molecular weight excluding hydrogens is 284 g/mol. The molecule has 0 bridgehead atoms. The summed E-state index contributed by atoms with van der Waals surface area (Å²) in [4.78, 5) is 6.90. The van der Waals surface area contributed by atoms with E-state index in [0.29, 0.717) is 6.04 Å². The van der Waals surface area contributed by atoms with Crippen LogP contribution in [0.15, 0.2) is 29.3 Å². The van der Waals surface area contributed by atoms with Gasteiger partial charge in [-0.1, -0.05) is 37.6 Å². The maximum absolute atomic E-state index is 4.32. The Morgan fingerprint density at radius 3 is 2.52 bits per heavy atom. The third-order valence-corrected chi connectivity index (χ3v) is 4.63. The van der Waals surface area contributed by atoms with E-state index < -0.39 is 0 Å². The van der Waals surface area contributed by atoms with Gasteiger partial charge in [-0.05, 0) is 50.4 Å². The normalized spacial score (nSPS) is 17.8. The van der Waals surface area contributed by atoms with E-state index in [1.165, 1.54) is 43.5 Å². The van der Waals surface area contributed by atoms with Crippen LogP contribution in [0, 0.1) is 0 Å². The molecule has 1 aliphatic rings. The molecule has 4 heteroatoms. The van der Waals surface area contributed by atoms with E-state index in [1.54, 1.807) is 0 Å². The van der Waals surface area contributed by atoms with Gasteiger partial charge in [0.2, 0.25) is 0 Å². The summed E-state index contributed by atoms with van der Waals surface area (Å²) < 4.78 is 0. The molecule has 0 aliphatic carbocycles. The molecule has 1 saturated heterocycles. The van der Waals surface area contributed by atoms with Gasteiger partial charge in [-0.25, -0.2) is 0 Å². The van der Waals surface area contributed by atoms with Gasteiger partial charge < -0.3 is 10.6 Å². The van der Waals surface area contributed by atoms with Crippen LogP contribution in [0.2, 0.25) is 0 Å². The van der Waals surface area contributed by atoms with Gasteiger partial charge >= 0.3 is 0 Å². The number of guanidine groups is 1. The van der Waals surface area contributed by atoms with E-state index in [9.17, 15) is 0 Å². The fourth-order valence-corrected chi connectivity index (χ4v) is 2.95. The highest BCUT2D eigenvalue weighted by molar-refractivity contribution is 5.79. The summed E-state index contributed by atoms with van der Waals surface area (Å²) in [6.07, 6.45) is 5.15. The molecule has 0 amide bonds. The third-order valence-electron chi connectivity index (χ3n) is 4.63. The fourth-order valence-electron chi connectivity index (χ4n) is 2.95. The Bertz CT molecular complexity index is 492. The van der Waals surface area contributed by atoms with Crippen molar-refractivity contribution in [2.24, 2.45) is 4.99 Å². The van der Waals surface area contributed by atoms with Crippen LogP contribution >= 0.6 is 0 Å². The Morgan fingerprint density at radius 1 is 1.17 bits per heavy atom. The Labute approximate surface area is 141 Å². The molecule has 2 N–H and O–H groups in total. The summed E-state index contributed by atoms with van der Waals surface area (Å²) in [6.45, 7) is 8.71. The molecule has 1 fully saturated rings. The van der Waals surface area contributed by atoms with Gasteiger partial charge in [-0.15, -0.1) is 0 Å². The average Bonchev–Trinajstić information content (AvgIpc) is 2.60. The zero-order chi connectivity index (χ0) is 16.5. The zero-order valence-electron chi connectivity index (χ0n) is 14.9. The van der Waals surface area contributed by atoms with E-state index in [1.807, 2.05) is 7.05 Å². The maximum atomic E-state index is 4.32. The van der Waals surface area contributed by atoms with Crippen LogP contribution in [0.5, 0.6) is 0 Å². The molecule has 4 nitrogen and oxygen atoms in total. The lowest BCUT2D eigenvalue weighted by molar-refractivity contribution is 0.220. The molecule has 0 aromatic heterocycles. The minimum Gasteiger partial charge on any atom is -0.354 e. The van der Waals surface area contributed by atoms with Crippen molar-refractivity contribution in [2.75, 3.05) is 20.1 Å². The van der Waals surface area contributed by atoms with Crippen LogP contribution in [-0.2, 0) is 13.1 Å². The number of nitrogens with one attached hydrogen (secondary N) is 2. The van der Waals surface area contributed by atoms with E-state index in [0.717, 1.165) is 25.5 Å². The molecule has 0 radical (unpaired) electrons. The van der Waals surface area contributed by atoms with Crippen molar-refractivity contribution in [2.45, 2.75) is 58.7 Å². The second-order valence-corrected chi connectivity index (χ2v) is 6.48. The molecule has 1 aromatic carbocycles. The Balaban J connectivity index is 1.94. The second-order valence-electron chi connectivity index (χ2n) is 6.48. The number of aliphatic imine (C=N–C) groups is 1. The van der Waals surface area contributed by atoms with Crippen LogP contribution < -0.4 is 10.6 Å². The first-order valence-electron chi connectivity index (χ1n) is 8.99. The van der Waals surface area contributed by atoms with Gasteiger partial charge in [0.1, 0.15) is 0 Å². The number of hydrogen-bond acceptors (Lipinski definition) is 2. The summed E-state index contributed by atoms with van der Waals surface area (Å²) in [6, 6.07) is 9.19. The van der Waals surface area contributed by atoms with Crippen LogP contribution in [-0.4, -0.2) is 37.0 Å². The SMILES string of the molecule is CCC(C)NC(=NC)NCc1ccccc1CN1CCCCC1. The highest BCUT2D eigenvalue weighted by Gasteiger charge is 2.12. The third kappa shape index (κ3) is 5.87. The molecule has 1 unspecified atom stereocenters. The number of rotatable bonds is 6. The summed E-state index contributed by atoms with van der Waals surface area (Å²) in [5.74, 6) is 0.882. The highest BCUT2D eigenvalue weighted by Crippen LogP contribution is 2.16. The van der Waals surface area contributed by atoms with Gasteiger partial charge in [0.15, 0.2) is 5.96 Å². The number of benzene rings is 1. The number of likely N-dealkylation sites (tertiary alicyclic amines) is 1. The zero-order valence-corrected chi connectivity index (χ0v) is 14.9. The smallest absolute Gasteiger partial charge is 0.191 e. The Kier molecular flexibility index (Phi) is 7.40. The van der Waals surface area contributed by atoms with Crippen LogP contribution in [0.25, 0.3) is 0 Å². The van der Waals surface area contributed by atoms with Gasteiger partial charge in [0.25, 0.3) is 0 Å². The molecule has 2 rings (SSSR count). The molecule has 0 saturated carbocycles. The van der Waals surface area contributed by atoms with Crippen LogP contribution in [0.1, 0.15) is 50.7 Å². The van der Waals surface area contributed by atoms with Crippen molar-refractivity contribution in [3.63, 3.8) is 0 Å². The molecule has 1 aromatic rings. The molecule has 0 spiro atoms. The van der Waals surface area contributed by atoms with Gasteiger partial charge in [-0.2, -0.15) is 0 Å². The summed E-state index contributed by atoms with van der Waals surface area (Å²) in [7, 11) is 1.83. The summed E-state index contributed by atoms with van der Waals surface area (Å²) in [5.41, 5.74) is 2.80. The lowest BCUT2D eigenvalue weighted by Crippen LogP contribution is -2.41. The second kappa shape index (κ2) is 9.56. The quantitative estimate of drug-likeness (QED) is 0.626. The molecule has 1 heterocycles. The van der Waals surface area contributed by atoms with Crippen LogP contribution in [0.3, 0.4) is 0 Å². The van der Waals surface area contributed by atoms with Gasteiger partial charge in [0.05, 0.1) is 0 Å². The van der Waals surface area contributed by atoms with Gasteiger partial charge in [0, 0.05) is 26.2 Å². The van der Waals surface area contributed by atoms with E-state index in [2.05, 4.69) is 58.6 Å². The first-order chi connectivity index (χ1) is 11.2. The van der Waals surface area contributed by atoms with Crippen molar-refractivity contribution in [3.05, 3.63) is 35.4 Å². The lowest BCUT2D eigenvalue weighted by Gasteiger charge is -2.27. The molecule has 128 valence electrons. The number of nitrogens with zero attached hydrogens (tertiary/aromatic N) is 2. The minimum absolute atomic E-state index is 0.435. The highest BCUT2D eigenvalue weighted by atomic mass is 15.2. The van der Waals surface area contributed by atoms with Crippen molar-refractivity contribution < 1.29 is 0 Å². The standard InChI is InChI=1S/C19H32N4/c1-4-16(2)22-19(20-3)21-14-17-10-6-7-11-18(17)15-23-12-8-5-9-13-23/h6-7,10-11,16H,4-5,8-9,12-15H2,1-3H3,(H2,20,21,22). The lowest BCUT2D eigenvalue weighted by atomic mass is 10.0. The topological polar surface area (TPSA) is 39.7 Å². The monoisotopic (exact) mass is 316 g/mol. The van der Waals surface area contributed by atoms with E-state index in [-0.39, 0.29) is 0 Å². The van der Waals surface area contributed by atoms with Crippen molar-refractivity contribution in [1.29, 1.82) is 0 Å². The van der Waals surface area contributed by atoms with Crippen molar-refractivity contribution in [3.8, 4) is 0 Å². The van der Waals surface area contributed by atoms with Gasteiger partial charge in [-0.3, -0.25) is 9.89 Å². The summed E-state index contributed by atoms with van der Waals surface area (Å²) >= 11 is 0. The Morgan fingerprint density at radius 2 is 1.87 bits per heavy atom. The minimum atomic E-state index is 0.435. The van der Waals surface area contributed by atoms with Crippen LogP contribution in [0.4, 0.5) is 0 Å². The molecule has 1 aliphatic heterocycles. The molecule has 23 heavy (non-hydrogen) atoms. The molecule has 1 atom stereocenters. The fraction of sp³-hybridized carbons (Fsp3) is 0.632. The number of hydrogen-bond donors (Lipinski definition) is 2.